The van der Waals surface area contributed by atoms with Crippen LogP contribution in [0.5, 0.6) is 0 Å². The molecule has 0 saturated heterocycles. The Bertz CT molecular complexity index is 438. The van der Waals surface area contributed by atoms with Crippen LogP contribution in [0.15, 0.2) is 24.3 Å². The number of hydrogen-bond acceptors (Lipinski definition) is 1. The van der Waals surface area contributed by atoms with Crippen molar-refractivity contribution in [3.05, 3.63) is 29.3 Å². The van der Waals surface area contributed by atoms with E-state index in [9.17, 15) is 4.79 Å². The van der Waals surface area contributed by atoms with Crippen molar-refractivity contribution in [2.24, 2.45) is 17.6 Å². The van der Waals surface area contributed by atoms with Crippen LogP contribution in [0.4, 0.5) is 0 Å². The molecular formula is C14H16ClNOSe. The van der Waals surface area contributed by atoms with Gasteiger partial charge in [0.15, 0.2) is 0 Å². The van der Waals surface area contributed by atoms with Crippen LogP contribution in [0.1, 0.15) is 13.3 Å². The molecule has 1 aromatic carbocycles. The van der Waals surface area contributed by atoms with Crippen molar-refractivity contribution in [3.8, 4) is 12.3 Å². The van der Waals surface area contributed by atoms with Crippen LogP contribution in [0, 0.1) is 24.2 Å². The second-order valence-electron chi connectivity index (χ2n) is 4.06. The zero-order valence-electron chi connectivity index (χ0n) is 10.2. The number of carbonyl (C=O) groups excluding carboxylic acids is 1. The van der Waals surface area contributed by atoms with Gasteiger partial charge in [0.05, 0.1) is 0 Å². The molecule has 0 bridgehead atoms. The van der Waals surface area contributed by atoms with Crippen molar-refractivity contribution in [3.63, 3.8) is 0 Å². The molecule has 0 aliphatic rings. The summed E-state index contributed by atoms with van der Waals surface area (Å²) >= 11 is 6.15. The predicted octanol–water partition coefficient (Wildman–Crippen LogP) is 1.85. The maximum absolute atomic E-state index is 11.3. The number of nitrogens with two attached hydrogens (primary N) is 1. The summed E-state index contributed by atoms with van der Waals surface area (Å²) in [6.45, 7) is 1.87. The Morgan fingerprint density at radius 1 is 1.50 bits per heavy atom. The van der Waals surface area contributed by atoms with E-state index in [2.05, 4.69) is 5.92 Å². The molecule has 0 unspecified atom stereocenters. The fourth-order valence-electron chi connectivity index (χ4n) is 1.59. The first-order valence-corrected chi connectivity index (χ1v) is 8.13. The van der Waals surface area contributed by atoms with Gasteiger partial charge in [0.2, 0.25) is 0 Å². The minimum atomic E-state index is -0.299. The Hall–Kier alpha value is -0.941. The number of halogens is 1. The average molecular weight is 329 g/mol. The third-order valence-corrected chi connectivity index (χ3v) is 5.19. The third kappa shape index (κ3) is 4.74. The summed E-state index contributed by atoms with van der Waals surface area (Å²) in [7, 11) is 0. The molecule has 0 aliphatic carbocycles. The molecule has 0 aliphatic heterocycles. The van der Waals surface area contributed by atoms with Crippen LogP contribution in [-0.4, -0.2) is 20.9 Å². The van der Waals surface area contributed by atoms with Gasteiger partial charge in [-0.15, -0.1) is 0 Å². The van der Waals surface area contributed by atoms with Gasteiger partial charge in [-0.05, 0) is 0 Å². The van der Waals surface area contributed by atoms with Gasteiger partial charge in [-0.25, -0.2) is 0 Å². The van der Waals surface area contributed by atoms with E-state index in [1.165, 1.54) is 4.46 Å². The second-order valence-corrected chi connectivity index (χ2v) is 6.94. The monoisotopic (exact) mass is 329 g/mol. The average Bonchev–Trinajstić information content (AvgIpc) is 2.35. The SMILES string of the molecule is C#C[C@@H](C)[C@H](CC[Se]c1ccc(Cl)cc1)C(N)=O. The van der Waals surface area contributed by atoms with Gasteiger partial charge < -0.3 is 0 Å². The fourth-order valence-corrected chi connectivity index (χ4v) is 3.68. The minimum absolute atomic E-state index is 0.0940. The summed E-state index contributed by atoms with van der Waals surface area (Å²) in [6, 6.07) is 7.81. The number of hydrogen-bond donors (Lipinski definition) is 1. The normalized spacial score (nSPS) is 13.6. The van der Waals surface area contributed by atoms with E-state index >= 15 is 0 Å². The molecule has 0 spiro atoms. The predicted molar refractivity (Wildman–Crippen MR) is 76.9 cm³/mol. The summed E-state index contributed by atoms with van der Waals surface area (Å²) in [4.78, 5) is 11.3. The van der Waals surface area contributed by atoms with Crippen molar-refractivity contribution in [2.75, 3.05) is 0 Å². The first kappa shape index (κ1) is 15.1. The van der Waals surface area contributed by atoms with E-state index in [1.807, 2.05) is 31.2 Å². The Kier molecular flexibility index (Phi) is 6.29. The number of carbonyl (C=O) groups is 1. The van der Waals surface area contributed by atoms with E-state index < -0.39 is 0 Å². The molecule has 0 saturated carbocycles. The summed E-state index contributed by atoms with van der Waals surface area (Å²) in [5, 5.41) is 1.69. The molecule has 2 atom stereocenters. The van der Waals surface area contributed by atoms with E-state index in [0.717, 1.165) is 16.8 Å². The van der Waals surface area contributed by atoms with E-state index in [-0.39, 0.29) is 17.7 Å². The Balaban J connectivity index is 2.47. The standard InChI is InChI=1S/C14H16ClNOSe/c1-3-10(2)13(14(16)17)8-9-18-12-6-4-11(15)5-7-12/h1,4-7,10,13H,8-9H2,2H3,(H2,16,17)/t10-,13+/m1/s1. The third-order valence-electron chi connectivity index (χ3n) is 2.74. The molecule has 18 heavy (non-hydrogen) atoms. The van der Waals surface area contributed by atoms with E-state index in [4.69, 9.17) is 23.8 Å². The Morgan fingerprint density at radius 2 is 2.11 bits per heavy atom. The molecule has 0 radical (unpaired) electrons. The van der Waals surface area contributed by atoms with Crippen LogP contribution < -0.4 is 10.2 Å². The number of benzene rings is 1. The molecule has 1 amide bonds. The van der Waals surface area contributed by atoms with Crippen LogP contribution in [-0.2, 0) is 4.79 Å². The van der Waals surface area contributed by atoms with Gasteiger partial charge in [0.1, 0.15) is 0 Å². The molecule has 4 heteroatoms. The quantitative estimate of drug-likeness (QED) is 0.628. The van der Waals surface area contributed by atoms with Crippen LogP contribution in [0.2, 0.25) is 10.3 Å². The van der Waals surface area contributed by atoms with Crippen LogP contribution >= 0.6 is 11.6 Å². The molecule has 0 aromatic heterocycles. The number of primary amides is 1. The second kappa shape index (κ2) is 7.48. The van der Waals surface area contributed by atoms with Gasteiger partial charge in [-0.3, -0.25) is 0 Å². The molecule has 96 valence electrons. The zero-order valence-corrected chi connectivity index (χ0v) is 12.7. The van der Waals surface area contributed by atoms with Gasteiger partial charge >= 0.3 is 120 Å². The van der Waals surface area contributed by atoms with Crippen molar-refractivity contribution < 1.29 is 4.79 Å². The fraction of sp³-hybridized carbons (Fsp3) is 0.357. The van der Waals surface area contributed by atoms with Gasteiger partial charge in [-0.1, -0.05) is 0 Å². The van der Waals surface area contributed by atoms with Crippen molar-refractivity contribution >= 4 is 36.9 Å². The Morgan fingerprint density at radius 3 is 2.61 bits per heavy atom. The molecule has 2 nitrogen and oxygen atoms in total. The molecule has 1 rings (SSSR count). The molecular weight excluding hydrogens is 313 g/mol. The summed E-state index contributed by atoms with van der Waals surface area (Å²) in [5.74, 6) is 1.98. The van der Waals surface area contributed by atoms with E-state index in [0.29, 0.717) is 15.0 Å². The number of rotatable bonds is 6. The topological polar surface area (TPSA) is 43.1 Å². The van der Waals surface area contributed by atoms with Gasteiger partial charge in [0, 0.05) is 0 Å². The first-order valence-electron chi connectivity index (χ1n) is 5.68. The number of amides is 1. The first-order chi connectivity index (χ1) is 8.54. The van der Waals surface area contributed by atoms with Gasteiger partial charge in [-0.2, -0.15) is 0 Å². The summed E-state index contributed by atoms with van der Waals surface area (Å²) < 4.78 is 1.27. The van der Waals surface area contributed by atoms with Crippen molar-refractivity contribution in [1.29, 1.82) is 0 Å². The van der Waals surface area contributed by atoms with Crippen molar-refractivity contribution in [1.82, 2.24) is 0 Å². The molecule has 0 fully saturated rings. The maximum atomic E-state index is 11.3. The van der Waals surface area contributed by atoms with Gasteiger partial charge in [0.25, 0.3) is 0 Å². The van der Waals surface area contributed by atoms with E-state index in [1.54, 1.807) is 0 Å². The molecule has 2 N–H and O–H groups in total. The van der Waals surface area contributed by atoms with Crippen molar-refractivity contribution in [2.45, 2.75) is 18.7 Å². The zero-order chi connectivity index (χ0) is 13.5. The molecule has 0 heterocycles. The number of terminal acetylenes is 1. The Labute approximate surface area is 119 Å². The summed E-state index contributed by atoms with van der Waals surface area (Å²) in [6.07, 6.45) is 6.10. The summed E-state index contributed by atoms with van der Waals surface area (Å²) in [5.41, 5.74) is 5.37. The molecule has 1 aromatic rings. The van der Waals surface area contributed by atoms with Crippen LogP contribution in [0.3, 0.4) is 0 Å². The van der Waals surface area contributed by atoms with Crippen LogP contribution in [0.25, 0.3) is 0 Å².